The van der Waals surface area contributed by atoms with Gasteiger partial charge in [-0.2, -0.15) is 0 Å². The number of halogens is 1. The largest absolute Gasteiger partial charge is 0.503 e. The predicted molar refractivity (Wildman–Crippen MR) is 70.4 cm³/mol. The van der Waals surface area contributed by atoms with E-state index in [0.29, 0.717) is 0 Å². The maximum Gasteiger partial charge on any atom is 0.503 e. The molecule has 10 nitrogen and oxygen atoms in total. The molecule has 0 fully saturated rings. The highest BCUT2D eigenvalue weighted by Crippen LogP contribution is 2.11. The van der Waals surface area contributed by atoms with Gasteiger partial charge in [-0.1, -0.05) is 31.4 Å². The normalized spacial score (nSPS) is 12.0. The van der Waals surface area contributed by atoms with E-state index in [2.05, 4.69) is 16.7 Å². The molecule has 0 aliphatic heterocycles. The number of hydrogen-bond donors (Lipinski definition) is 5. The van der Waals surface area contributed by atoms with Crippen LogP contribution in [0, 0.1) is 0 Å². The summed E-state index contributed by atoms with van der Waals surface area (Å²) in [5.41, 5.74) is -0.482. The molecule has 5 N–H and O–H groups in total. The Balaban J connectivity index is -0.000000334. The van der Waals surface area contributed by atoms with Crippen LogP contribution in [0.2, 0.25) is 0 Å². The summed E-state index contributed by atoms with van der Waals surface area (Å²) in [6.07, 6.45) is -0.484. The van der Waals surface area contributed by atoms with Crippen LogP contribution in [0.3, 0.4) is 0 Å². The van der Waals surface area contributed by atoms with E-state index in [1.807, 2.05) is 0 Å². The van der Waals surface area contributed by atoms with Gasteiger partial charge in [-0.05, 0) is 19.8 Å². The summed E-state index contributed by atoms with van der Waals surface area (Å²) in [6.45, 7) is 3.61. The molecular formula is C10H21ClO10. The zero-order chi connectivity index (χ0) is 17.3. The topological polar surface area (TPSA) is 163 Å². The van der Waals surface area contributed by atoms with Gasteiger partial charge in [-0.25, -0.2) is 29.5 Å². The number of hydrogen-bond acceptors (Lipinski definition) is 6. The average molecular weight is 337 g/mol. The van der Waals surface area contributed by atoms with E-state index in [4.69, 9.17) is 51.8 Å². The van der Waals surface area contributed by atoms with E-state index in [-0.39, 0.29) is 0 Å². The van der Waals surface area contributed by atoms with Gasteiger partial charge in [0, 0.05) is 0 Å². The lowest BCUT2D eigenvalue weighted by molar-refractivity contribution is -0.447. The fourth-order valence-electron chi connectivity index (χ4n) is 0.759. The van der Waals surface area contributed by atoms with Gasteiger partial charge in [0.1, 0.15) is 0 Å². The molecule has 0 aliphatic carbocycles. The van der Waals surface area contributed by atoms with Crippen LogP contribution in [0.25, 0.3) is 0 Å². The molecule has 0 aromatic rings. The highest BCUT2D eigenvalue weighted by Gasteiger charge is 2.08. The summed E-state index contributed by atoms with van der Waals surface area (Å²) in [5.74, 6) is 0. The molecular weight excluding hydrogens is 316 g/mol. The third-order valence-electron chi connectivity index (χ3n) is 1.48. The first-order valence-electron chi connectivity index (χ1n) is 5.77. The second kappa shape index (κ2) is 18.7. The lowest BCUT2D eigenvalue weighted by Gasteiger charge is -2.12. The number of carbonyl (C=O) groups is 2. The zero-order valence-electron chi connectivity index (χ0n) is 11.6. The molecule has 0 aromatic heterocycles. The second-order valence-electron chi connectivity index (χ2n) is 3.34. The number of alkyl halides is 1. The highest BCUT2D eigenvalue weighted by molar-refractivity contribution is 6.19. The maximum atomic E-state index is 8.56. The van der Waals surface area contributed by atoms with Gasteiger partial charge in [0.05, 0.1) is 0 Å². The van der Waals surface area contributed by atoms with Crippen LogP contribution in [-0.2, 0) is 14.7 Å². The van der Waals surface area contributed by atoms with Crippen LogP contribution in [0.1, 0.15) is 39.5 Å². The van der Waals surface area contributed by atoms with Crippen molar-refractivity contribution in [3.8, 4) is 0 Å². The van der Waals surface area contributed by atoms with Crippen molar-refractivity contribution in [3.63, 3.8) is 0 Å². The van der Waals surface area contributed by atoms with Gasteiger partial charge < -0.3 is 20.4 Å². The van der Waals surface area contributed by atoms with E-state index in [9.17, 15) is 0 Å². The molecule has 0 bridgehead atoms. The van der Waals surface area contributed by atoms with Crippen molar-refractivity contribution < 1.29 is 49.9 Å². The van der Waals surface area contributed by atoms with Gasteiger partial charge in [-0.15, -0.1) is 0 Å². The molecule has 0 amide bonds. The third-order valence-corrected chi connectivity index (χ3v) is 1.77. The second-order valence-corrected chi connectivity index (χ2v) is 3.82. The van der Waals surface area contributed by atoms with Crippen molar-refractivity contribution in [2.24, 2.45) is 0 Å². The van der Waals surface area contributed by atoms with Crippen LogP contribution in [0.4, 0.5) is 9.59 Å². The first kappa shape index (κ1) is 24.7. The van der Waals surface area contributed by atoms with Crippen molar-refractivity contribution in [2.75, 3.05) is 0 Å². The Morgan fingerprint density at radius 2 is 1.48 bits per heavy atom. The maximum absolute atomic E-state index is 8.56. The van der Waals surface area contributed by atoms with Crippen LogP contribution in [0.5, 0.6) is 0 Å². The lowest BCUT2D eigenvalue weighted by Crippen LogP contribution is -2.15. The zero-order valence-corrected chi connectivity index (χ0v) is 12.4. The van der Waals surface area contributed by atoms with E-state index >= 15 is 0 Å². The summed E-state index contributed by atoms with van der Waals surface area (Å²) in [6, 6.07) is 0. The molecule has 0 spiro atoms. The van der Waals surface area contributed by atoms with Crippen molar-refractivity contribution >= 4 is 23.9 Å². The molecule has 0 saturated heterocycles. The van der Waals surface area contributed by atoms with E-state index in [0.717, 1.165) is 25.7 Å². The molecule has 0 rings (SSSR count). The molecule has 11 heteroatoms. The SMILES string of the molecule is CCCCCC(Cl)OOC(C)OO.O=C(O)O.O=C(O)O. The number of rotatable bonds is 8. The Morgan fingerprint density at radius 1 is 1.05 bits per heavy atom. The van der Waals surface area contributed by atoms with Crippen LogP contribution < -0.4 is 0 Å². The minimum Gasteiger partial charge on any atom is -0.450 e. The van der Waals surface area contributed by atoms with Crippen molar-refractivity contribution in [3.05, 3.63) is 0 Å². The van der Waals surface area contributed by atoms with Gasteiger partial charge in [0.25, 0.3) is 0 Å². The molecule has 0 heterocycles. The van der Waals surface area contributed by atoms with E-state index < -0.39 is 24.2 Å². The quantitative estimate of drug-likeness (QED) is 0.146. The lowest BCUT2D eigenvalue weighted by atomic mass is 10.2. The Labute approximate surface area is 126 Å². The standard InChI is InChI=1S/C8H17ClO4.2CH2O3/c1-3-4-5-6-8(9)13-12-7(2)11-10;2*2-1(3)4/h7-8,10H,3-6H2,1-2H3;2*(H2,2,3,4). The number of carboxylic acid groups (broad SMARTS) is 4. The van der Waals surface area contributed by atoms with Gasteiger partial charge >= 0.3 is 12.3 Å². The van der Waals surface area contributed by atoms with Gasteiger partial charge in [0.15, 0.2) is 5.56 Å². The van der Waals surface area contributed by atoms with Crippen molar-refractivity contribution in [1.29, 1.82) is 0 Å². The van der Waals surface area contributed by atoms with E-state index in [1.54, 1.807) is 0 Å². The molecule has 2 atom stereocenters. The van der Waals surface area contributed by atoms with E-state index in [1.165, 1.54) is 6.92 Å². The average Bonchev–Trinajstić information content (AvgIpc) is 2.35. The first-order chi connectivity index (χ1) is 9.67. The molecule has 128 valence electrons. The van der Waals surface area contributed by atoms with Crippen molar-refractivity contribution in [1.82, 2.24) is 0 Å². The molecule has 0 aliphatic rings. The minimum absolute atomic E-state index is 0.482. The molecule has 2 unspecified atom stereocenters. The number of unbranched alkanes of at least 4 members (excludes halogenated alkanes) is 2. The van der Waals surface area contributed by atoms with Crippen LogP contribution in [-0.4, -0.2) is 49.8 Å². The highest BCUT2D eigenvalue weighted by atomic mass is 35.5. The van der Waals surface area contributed by atoms with Gasteiger partial charge in [-0.3, -0.25) is 0 Å². The molecule has 21 heavy (non-hydrogen) atoms. The Bertz CT molecular complexity index is 230. The summed E-state index contributed by atoms with van der Waals surface area (Å²) in [4.78, 5) is 30.2. The summed E-state index contributed by atoms with van der Waals surface area (Å²) >= 11 is 5.73. The smallest absolute Gasteiger partial charge is 0.450 e. The Hall–Kier alpha value is -1.33. The third kappa shape index (κ3) is 45.6. The predicted octanol–water partition coefficient (Wildman–Crippen LogP) is 3.36. The van der Waals surface area contributed by atoms with Crippen LogP contribution >= 0.6 is 11.6 Å². The Kier molecular flexibility index (Phi) is 21.9. The fourth-order valence-corrected chi connectivity index (χ4v) is 0.955. The molecule has 0 saturated carbocycles. The fraction of sp³-hybridized carbons (Fsp3) is 0.800. The minimum atomic E-state index is -1.83. The summed E-state index contributed by atoms with van der Waals surface area (Å²) in [5, 5.41) is 36.0. The molecule has 0 aromatic carbocycles. The molecule has 0 radical (unpaired) electrons. The van der Waals surface area contributed by atoms with Gasteiger partial charge in [0.2, 0.25) is 6.29 Å². The van der Waals surface area contributed by atoms with Crippen LogP contribution in [0.15, 0.2) is 0 Å². The summed E-state index contributed by atoms with van der Waals surface area (Å²) < 4.78 is 0. The summed E-state index contributed by atoms with van der Waals surface area (Å²) in [7, 11) is 0. The monoisotopic (exact) mass is 336 g/mol. The first-order valence-corrected chi connectivity index (χ1v) is 6.21. The Morgan fingerprint density at radius 3 is 1.81 bits per heavy atom. The van der Waals surface area contributed by atoms with Crippen molar-refractivity contribution in [2.45, 2.75) is 51.4 Å².